The van der Waals surface area contributed by atoms with Crippen LogP contribution in [0.3, 0.4) is 0 Å². The monoisotopic (exact) mass is 207 g/mol. The number of halogens is 1. The van der Waals surface area contributed by atoms with Crippen LogP contribution < -0.4 is 5.32 Å². The first kappa shape index (κ1) is 10.5. The maximum absolute atomic E-state index is 12.7. The third-order valence-electron chi connectivity index (χ3n) is 3.25. The van der Waals surface area contributed by atoms with E-state index in [4.69, 9.17) is 0 Å². The van der Waals surface area contributed by atoms with Crippen molar-refractivity contribution >= 4 is 5.69 Å². The average molecular weight is 207 g/mol. The van der Waals surface area contributed by atoms with Crippen LogP contribution in [0.1, 0.15) is 39.0 Å². The Labute approximate surface area is 90.7 Å². The van der Waals surface area contributed by atoms with Gasteiger partial charge in [0.2, 0.25) is 0 Å². The van der Waals surface area contributed by atoms with Gasteiger partial charge in [-0.15, -0.1) is 0 Å². The molecule has 0 amide bonds. The van der Waals surface area contributed by atoms with Crippen LogP contribution >= 0.6 is 0 Å². The van der Waals surface area contributed by atoms with Crippen LogP contribution in [0, 0.1) is 5.82 Å². The smallest absolute Gasteiger partial charge is 0.123 e. The van der Waals surface area contributed by atoms with Crippen LogP contribution in [0.15, 0.2) is 24.3 Å². The number of benzene rings is 1. The Morgan fingerprint density at radius 2 is 1.67 bits per heavy atom. The maximum atomic E-state index is 12.7. The molecular formula is C13H18FN. The molecule has 0 radical (unpaired) electrons. The van der Waals surface area contributed by atoms with Gasteiger partial charge < -0.3 is 5.32 Å². The Kier molecular flexibility index (Phi) is 2.94. The van der Waals surface area contributed by atoms with Gasteiger partial charge in [-0.2, -0.15) is 0 Å². The fourth-order valence-corrected chi connectivity index (χ4v) is 2.34. The number of hydrogen-bond acceptors (Lipinski definition) is 1. The van der Waals surface area contributed by atoms with Gasteiger partial charge in [0.15, 0.2) is 0 Å². The Hall–Kier alpha value is -1.05. The fourth-order valence-electron chi connectivity index (χ4n) is 2.34. The summed E-state index contributed by atoms with van der Waals surface area (Å²) >= 11 is 0. The molecule has 1 fully saturated rings. The van der Waals surface area contributed by atoms with Crippen LogP contribution in [0.5, 0.6) is 0 Å². The zero-order valence-corrected chi connectivity index (χ0v) is 9.22. The van der Waals surface area contributed by atoms with Gasteiger partial charge in [-0.05, 0) is 44.0 Å². The molecule has 0 saturated heterocycles. The van der Waals surface area contributed by atoms with Crippen molar-refractivity contribution in [1.29, 1.82) is 0 Å². The predicted molar refractivity (Wildman–Crippen MR) is 61.5 cm³/mol. The summed E-state index contributed by atoms with van der Waals surface area (Å²) in [6, 6.07) is 6.65. The number of rotatable bonds is 2. The SMILES string of the molecule is CC1(Nc2ccc(F)cc2)CCCCC1. The average Bonchev–Trinajstić information content (AvgIpc) is 2.22. The highest BCUT2D eigenvalue weighted by molar-refractivity contribution is 5.45. The summed E-state index contributed by atoms with van der Waals surface area (Å²) in [6.45, 7) is 2.26. The normalized spacial score (nSPS) is 19.9. The molecule has 1 aliphatic carbocycles. The minimum atomic E-state index is -0.172. The first-order valence-corrected chi connectivity index (χ1v) is 5.72. The van der Waals surface area contributed by atoms with Gasteiger partial charge in [-0.1, -0.05) is 19.3 Å². The third-order valence-corrected chi connectivity index (χ3v) is 3.25. The second-order valence-corrected chi connectivity index (χ2v) is 4.75. The van der Waals surface area contributed by atoms with Gasteiger partial charge in [-0.25, -0.2) is 4.39 Å². The van der Waals surface area contributed by atoms with Crippen LogP contribution in [-0.2, 0) is 0 Å². The molecule has 1 nitrogen and oxygen atoms in total. The van der Waals surface area contributed by atoms with E-state index in [2.05, 4.69) is 12.2 Å². The van der Waals surface area contributed by atoms with Crippen molar-refractivity contribution in [2.75, 3.05) is 5.32 Å². The molecule has 0 aromatic heterocycles. The summed E-state index contributed by atoms with van der Waals surface area (Å²) in [5.74, 6) is -0.172. The molecule has 0 unspecified atom stereocenters. The lowest BCUT2D eigenvalue weighted by atomic mass is 9.83. The Bertz CT molecular complexity index is 312. The van der Waals surface area contributed by atoms with E-state index in [0.717, 1.165) is 5.69 Å². The van der Waals surface area contributed by atoms with Gasteiger partial charge in [0, 0.05) is 11.2 Å². The first-order valence-electron chi connectivity index (χ1n) is 5.72. The van der Waals surface area contributed by atoms with Crippen molar-refractivity contribution in [1.82, 2.24) is 0 Å². The van der Waals surface area contributed by atoms with Crippen LogP contribution in [0.2, 0.25) is 0 Å². The predicted octanol–water partition coefficient (Wildman–Crippen LogP) is 3.96. The first-order chi connectivity index (χ1) is 7.18. The van der Waals surface area contributed by atoms with Gasteiger partial charge in [0.25, 0.3) is 0 Å². The molecule has 2 heteroatoms. The highest BCUT2D eigenvalue weighted by atomic mass is 19.1. The molecule has 1 aromatic carbocycles. The van der Waals surface area contributed by atoms with Crippen molar-refractivity contribution in [2.45, 2.75) is 44.6 Å². The molecule has 0 spiro atoms. The second-order valence-electron chi connectivity index (χ2n) is 4.75. The number of anilines is 1. The summed E-state index contributed by atoms with van der Waals surface area (Å²) in [5.41, 5.74) is 1.23. The van der Waals surface area contributed by atoms with Crippen molar-refractivity contribution in [3.8, 4) is 0 Å². The molecule has 1 aromatic rings. The van der Waals surface area contributed by atoms with E-state index in [9.17, 15) is 4.39 Å². The fraction of sp³-hybridized carbons (Fsp3) is 0.538. The molecule has 0 bridgehead atoms. The minimum absolute atomic E-state index is 0.172. The lowest BCUT2D eigenvalue weighted by molar-refractivity contribution is 0.349. The molecular weight excluding hydrogens is 189 g/mol. The molecule has 15 heavy (non-hydrogen) atoms. The van der Waals surface area contributed by atoms with E-state index in [1.54, 1.807) is 0 Å². The van der Waals surface area contributed by atoms with E-state index in [1.165, 1.54) is 44.2 Å². The largest absolute Gasteiger partial charge is 0.380 e. The van der Waals surface area contributed by atoms with Gasteiger partial charge >= 0.3 is 0 Å². The van der Waals surface area contributed by atoms with Crippen LogP contribution in [0.25, 0.3) is 0 Å². The van der Waals surface area contributed by atoms with E-state index in [-0.39, 0.29) is 11.4 Å². The lowest BCUT2D eigenvalue weighted by Crippen LogP contribution is -2.36. The van der Waals surface area contributed by atoms with E-state index in [1.807, 2.05) is 12.1 Å². The van der Waals surface area contributed by atoms with Crippen LogP contribution in [-0.4, -0.2) is 5.54 Å². The number of nitrogens with one attached hydrogen (secondary N) is 1. The van der Waals surface area contributed by atoms with Crippen molar-refractivity contribution < 1.29 is 4.39 Å². The number of hydrogen-bond donors (Lipinski definition) is 1. The Morgan fingerprint density at radius 1 is 1.07 bits per heavy atom. The highest BCUT2D eigenvalue weighted by Crippen LogP contribution is 2.31. The molecule has 2 rings (SSSR count). The summed E-state index contributed by atoms with van der Waals surface area (Å²) in [7, 11) is 0. The van der Waals surface area contributed by atoms with Crippen molar-refractivity contribution in [2.24, 2.45) is 0 Å². The quantitative estimate of drug-likeness (QED) is 0.774. The van der Waals surface area contributed by atoms with E-state index < -0.39 is 0 Å². The van der Waals surface area contributed by atoms with Gasteiger partial charge in [-0.3, -0.25) is 0 Å². The molecule has 1 N–H and O–H groups in total. The van der Waals surface area contributed by atoms with E-state index >= 15 is 0 Å². The van der Waals surface area contributed by atoms with Crippen molar-refractivity contribution in [3.05, 3.63) is 30.1 Å². The molecule has 0 aliphatic heterocycles. The molecule has 1 saturated carbocycles. The zero-order valence-electron chi connectivity index (χ0n) is 9.22. The van der Waals surface area contributed by atoms with Gasteiger partial charge in [0.05, 0.1) is 0 Å². The summed E-state index contributed by atoms with van der Waals surface area (Å²) in [6.07, 6.45) is 6.37. The van der Waals surface area contributed by atoms with E-state index in [0.29, 0.717) is 0 Å². The second kappa shape index (κ2) is 4.21. The molecule has 0 heterocycles. The maximum Gasteiger partial charge on any atom is 0.123 e. The molecule has 1 aliphatic rings. The zero-order chi connectivity index (χ0) is 10.7. The minimum Gasteiger partial charge on any atom is -0.380 e. The Morgan fingerprint density at radius 3 is 2.27 bits per heavy atom. The third kappa shape index (κ3) is 2.71. The standard InChI is InChI=1S/C13H18FN/c1-13(9-3-2-4-10-13)15-12-7-5-11(14)6-8-12/h5-8,15H,2-4,9-10H2,1H3. The van der Waals surface area contributed by atoms with Crippen molar-refractivity contribution in [3.63, 3.8) is 0 Å². The Balaban J connectivity index is 2.03. The lowest BCUT2D eigenvalue weighted by Gasteiger charge is -2.35. The molecule has 82 valence electrons. The molecule has 0 atom stereocenters. The highest BCUT2D eigenvalue weighted by Gasteiger charge is 2.25. The van der Waals surface area contributed by atoms with Crippen LogP contribution in [0.4, 0.5) is 10.1 Å². The summed E-state index contributed by atoms with van der Waals surface area (Å²) < 4.78 is 12.7. The topological polar surface area (TPSA) is 12.0 Å². The van der Waals surface area contributed by atoms with Gasteiger partial charge in [0.1, 0.15) is 5.82 Å². The summed E-state index contributed by atoms with van der Waals surface area (Å²) in [4.78, 5) is 0. The summed E-state index contributed by atoms with van der Waals surface area (Å²) in [5, 5.41) is 3.52.